The van der Waals surface area contributed by atoms with Crippen LogP contribution in [0.5, 0.6) is 11.5 Å². The van der Waals surface area contributed by atoms with Crippen LogP contribution in [0.2, 0.25) is 0 Å². The summed E-state index contributed by atoms with van der Waals surface area (Å²) in [5, 5.41) is 0. The average Bonchev–Trinajstić information content (AvgIpc) is 2.82. The number of carbonyl (C=O) groups is 2. The van der Waals surface area contributed by atoms with Gasteiger partial charge in [0.2, 0.25) is 0 Å². The van der Waals surface area contributed by atoms with E-state index in [1.54, 1.807) is 18.2 Å². The highest BCUT2D eigenvalue weighted by Crippen LogP contribution is 2.31. The van der Waals surface area contributed by atoms with Gasteiger partial charge in [0.05, 0.1) is 0 Å². The molecular weight excluding hydrogens is 430 g/mol. The van der Waals surface area contributed by atoms with Crippen molar-refractivity contribution in [3.8, 4) is 33.8 Å². The standard InChI is InChI=1S/C26H18F2O5/c1-3-25(29)32-14-13-31-20-10-12-22(24(28)16-20)18-7-11-21(23(27)15-18)17-5-8-19(9-6-17)33-26(30)4-2/h3-16H,1-2H2/b14-13-. The monoisotopic (exact) mass is 448 g/mol. The van der Waals surface area contributed by atoms with E-state index < -0.39 is 23.6 Å². The van der Waals surface area contributed by atoms with Crippen molar-refractivity contribution >= 4 is 11.9 Å². The van der Waals surface area contributed by atoms with Crippen LogP contribution in [-0.4, -0.2) is 11.9 Å². The Hall–Kier alpha value is -4.52. The number of esters is 2. The maximum atomic E-state index is 14.8. The summed E-state index contributed by atoms with van der Waals surface area (Å²) in [7, 11) is 0. The number of hydrogen-bond donors (Lipinski definition) is 0. The molecule has 0 unspecified atom stereocenters. The Labute approximate surface area is 188 Å². The summed E-state index contributed by atoms with van der Waals surface area (Å²) in [4.78, 5) is 22.2. The maximum absolute atomic E-state index is 14.8. The fourth-order valence-electron chi connectivity index (χ4n) is 2.83. The fourth-order valence-corrected chi connectivity index (χ4v) is 2.83. The van der Waals surface area contributed by atoms with Gasteiger partial charge in [-0.2, -0.15) is 0 Å². The summed E-state index contributed by atoms with van der Waals surface area (Å²) in [6, 6.07) is 14.7. The Kier molecular flexibility index (Phi) is 7.49. The zero-order chi connectivity index (χ0) is 23.8. The lowest BCUT2D eigenvalue weighted by molar-refractivity contribution is -0.132. The minimum Gasteiger partial charge on any atom is -0.462 e. The van der Waals surface area contributed by atoms with Crippen LogP contribution in [0.15, 0.2) is 98.5 Å². The van der Waals surface area contributed by atoms with Crippen molar-refractivity contribution in [2.45, 2.75) is 0 Å². The highest BCUT2D eigenvalue weighted by atomic mass is 19.1. The van der Waals surface area contributed by atoms with Crippen molar-refractivity contribution in [3.05, 3.63) is 110 Å². The largest absolute Gasteiger partial charge is 0.462 e. The first-order valence-corrected chi connectivity index (χ1v) is 9.60. The van der Waals surface area contributed by atoms with Gasteiger partial charge in [-0.05, 0) is 41.5 Å². The van der Waals surface area contributed by atoms with Gasteiger partial charge in [-0.25, -0.2) is 18.4 Å². The second-order valence-electron chi connectivity index (χ2n) is 6.52. The van der Waals surface area contributed by atoms with Crippen molar-refractivity contribution < 1.29 is 32.6 Å². The quantitative estimate of drug-likeness (QED) is 0.184. The molecule has 0 radical (unpaired) electrons. The van der Waals surface area contributed by atoms with E-state index in [9.17, 15) is 18.4 Å². The molecule has 0 aliphatic heterocycles. The Morgan fingerprint density at radius 1 is 0.697 bits per heavy atom. The van der Waals surface area contributed by atoms with E-state index in [1.807, 2.05) is 0 Å². The lowest BCUT2D eigenvalue weighted by Crippen LogP contribution is -2.02. The van der Waals surface area contributed by atoms with Crippen LogP contribution in [0.4, 0.5) is 8.78 Å². The molecule has 0 aromatic heterocycles. The summed E-state index contributed by atoms with van der Waals surface area (Å²) in [5.41, 5.74) is 1.39. The zero-order valence-corrected chi connectivity index (χ0v) is 17.3. The molecule has 0 bridgehead atoms. The van der Waals surface area contributed by atoms with Crippen LogP contribution in [-0.2, 0) is 14.3 Å². The van der Waals surface area contributed by atoms with Crippen molar-refractivity contribution in [3.63, 3.8) is 0 Å². The maximum Gasteiger partial charge on any atom is 0.335 e. The van der Waals surface area contributed by atoms with E-state index >= 15 is 0 Å². The number of ether oxygens (including phenoxy) is 3. The molecule has 7 heteroatoms. The molecular formula is C26H18F2O5. The molecule has 3 rings (SSSR count). The van der Waals surface area contributed by atoms with E-state index in [4.69, 9.17) is 9.47 Å². The molecule has 0 aliphatic carbocycles. The van der Waals surface area contributed by atoms with Crippen LogP contribution < -0.4 is 9.47 Å². The van der Waals surface area contributed by atoms with Crippen LogP contribution in [0.25, 0.3) is 22.3 Å². The van der Waals surface area contributed by atoms with Gasteiger partial charge in [-0.3, -0.25) is 0 Å². The van der Waals surface area contributed by atoms with Gasteiger partial charge in [0.1, 0.15) is 35.7 Å². The molecule has 0 atom stereocenters. The zero-order valence-electron chi connectivity index (χ0n) is 17.3. The first kappa shape index (κ1) is 23.1. The van der Waals surface area contributed by atoms with Gasteiger partial charge in [-0.1, -0.05) is 37.4 Å². The molecule has 0 saturated carbocycles. The molecule has 0 amide bonds. The minimum atomic E-state index is -0.658. The number of carbonyl (C=O) groups excluding carboxylic acids is 2. The smallest absolute Gasteiger partial charge is 0.335 e. The summed E-state index contributed by atoms with van der Waals surface area (Å²) in [5.74, 6) is -1.95. The predicted molar refractivity (Wildman–Crippen MR) is 119 cm³/mol. The van der Waals surface area contributed by atoms with Gasteiger partial charge in [0.15, 0.2) is 0 Å². The van der Waals surface area contributed by atoms with Crippen molar-refractivity contribution in [1.82, 2.24) is 0 Å². The van der Waals surface area contributed by atoms with Gasteiger partial charge >= 0.3 is 11.9 Å². The Balaban J connectivity index is 1.75. The van der Waals surface area contributed by atoms with Gasteiger partial charge in [0, 0.05) is 29.3 Å². The Bertz CT molecular complexity index is 1230. The molecule has 3 aromatic rings. The molecule has 3 aromatic carbocycles. The Morgan fingerprint density at radius 2 is 1.27 bits per heavy atom. The fraction of sp³-hybridized carbons (Fsp3) is 0. The molecule has 33 heavy (non-hydrogen) atoms. The van der Waals surface area contributed by atoms with Crippen molar-refractivity contribution in [2.24, 2.45) is 0 Å². The normalized spacial score (nSPS) is 10.5. The van der Waals surface area contributed by atoms with E-state index in [1.165, 1.54) is 36.4 Å². The molecule has 0 fully saturated rings. The van der Waals surface area contributed by atoms with Gasteiger partial charge < -0.3 is 14.2 Å². The summed E-state index contributed by atoms with van der Waals surface area (Å²) in [6.45, 7) is 6.57. The number of hydrogen-bond acceptors (Lipinski definition) is 5. The van der Waals surface area contributed by atoms with Crippen LogP contribution in [0.3, 0.4) is 0 Å². The van der Waals surface area contributed by atoms with Crippen LogP contribution in [0, 0.1) is 11.6 Å². The predicted octanol–water partition coefficient (Wildman–Crippen LogP) is 5.97. The number of rotatable bonds is 8. The first-order chi connectivity index (χ1) is 15.9. The first-order valence-electron chi connectivity index (χ1n) is 9.60. The van der Waals surface area contributed by atoms with E-state index in [0.29, 0.717) is 22.4 Å². The lowest BCUT2D eigenvalue weighted by atomic mass is 9.99. The molecule has 0 aliphatic rings. The van der Waals surface area contributed by atoms with Crippen molar-refractivity contribution in [2.75, 3.05) is 0 Å². The third-order valence-corrected chi connectivity index (χ3v) is 4.38. The average molecular weight is 448 g/mol. The van der Waals surface area contributed by atoms with E-state index in [-0.39, 0.29) is 11.3 Å². The summed E-state index contributed by atoms with van der Waals surface area (Å²) < 4.78 is 44.2. The SMILES string of the molecule is C=CC(=O)O/C=C\Oc1ccc(-c2ccc(-c3ccc(OC(=O)C=C)cc3)c(F)c2)c(F)c1. The number of halogens is 2. The summed E-state index contributed by atoms with van der Waals surface area (Å²) >= 11 is 0. The molecule has 166 valence electrons. The third-order valence-electron chi connectivity index (χ3n) is 4.38. The van der Waals surface area contributed by atoms with Crippen LogP contribution in [0.1, 0.15) is 0 Å². The van der Waals surface area contributed by atoms with E-state index in [0.717, 1.165) is 30.7 Å². The Morgan fingerprint density at radius 3 is 1.91 bits per heavy atom. The van der Waals surface area contributed by atoms with Gasteiger partial charge in [-0.15, -0.1) is 0 Å². The highest BCUT2D eigenvalue weighted by molar-refractivity contribution is 5.83. The molecule has 0 heterocycles. The van der Waals surface area contributed by atoms with E-state index in [2.05, 4.69) is 17.9 Å². The topological polar surface area (TPSA) is 61.8 Å². The lowest BCUT2D eigenvalue weighted by Gasteiger charge is -2.09. The molecule has 5 nitrogen and oxygen atoms in total. The molecule has 0 saturated heterocycles. The third kappa shape index (κ3) is 6.01. The molecule has 0 N–H and O–H groups in total. The highest BCUT2D eigenvalue weighted by Gasteiger charge is 2.12. The number of benzene rings is 3. The van der Waals surface area contributed by atoms with Crippen LogP contribution >= 0.6 is 0 Å². The second kappa shape index (κ2) is 10.7. The minimum absolute atomic E-state index is 0.163. The second-order valence-corrected chi connectivity index (χ2v) is 6.52. The van der Waals surface area contributed by atoms with Gasteiger partial charge in [0.25, 0.3) is 0 Å². The summed E-state index contributed by atoms with van der Waals surface area (Å²) in [6.07, 6.45) is 4.11. The van der Waals surface area contributed by atoms with Crippen molar-refractivity contribution in [1.29, 1.82) is 0 Å². The molecule has 0 spiro atoms.